The normalized spacial score (nSPS) is 12.5. The number of ether oxygens (including phenoxy) is 1. The van der Waals surface area contributed by atoms with Crippen molar-refractivity contribution in [2.75, 3.05) is 6.61 Å². The summed E-state index contributed by atoms with van der Waals surface area (Å²) in [6, 6.07) is 18.4. The van der Waals surface area contributed by atoms with Gasteiger partial charge in [-0.3, -0.25) is 14.3 Å². The van der Waals surface area contributed by atoms with Gasteiger partial charge in [-0.15, -0.1) is 11.3 Å². The van der Waals surface area contributed by atoms with Crippen molar-refractivity contribution in [3.8, 4) is 28.3 Å². The number of nitrogens with zero attached hydrogens (tertiary/aromatic N) is 4. The number of carboxylic acids is 1. The molecule has 0 unspecified atom stereocenters. The molecule has 0 saturated heterocycles. The highest BCUT2D eigenvalue weighted by molar-refractivity contribution is 7.14. The SMILES string of the molecule is CCCCCCCOc1ccc(-c2cnc(-c3ccc(C[C@H](NC(=O)c4ccc(C(C)(C)C)s4)C(=O)N[C@@H](Cn4cccn4)C(=O)O)cc3)nc2)cc1. The van der Waals surface area contributed by atoms with E-state index in [9.17, 15) is 19.5 Å². The van der Waals surface area contributed by atoms with Crippen molar-refractivity contribution in [1.82, 2.24) is 30.4 Å². The Balaban J connectivity index is 1.25. The summed E-state index contributed by atoms with van der Waals surface area (Å²) in [6.07, 6.45) is 12.8. The van der Waals surface area contributed by atoms with Gasteiger partial charge in [-0.2, -0.15) is 5.10 Å². The summed E-state index contributed by atoms with van der Waals surface area (Å²) in [5.74, 6) is -0.846. The van der Waals surface area contributed by atoms with E-state index >= 15 is 0 Å². The maximum absolute atomic E-state index is 13.6. The van der Waals surface area contributed by atoms with E-state index in [0.717, 1.165) is 39.3 Å². The molecule has 0 aliphatic rings. The van der Waals surface area contributed by atoms with Crippen LogP contribution >= 0.6 is 11.3 Å². The lowest BCUT2D eigenvalue weighted by molar-refractivity contribution is -0.142. The van der Waals surface area contributed by atoms with Crippen molar-refractivity contribution < 1.29 is 24.2 Å². The molecule has 5 aromatic rings. The van der Waals surface area contributed by atoms with E-state index < -0.39 is 29.9 Å². The summed E-state index contributed by atoms with van der Waals surface area (Å²) < 4.78 is 7.33. The van der Waals surface area contributed by atoms with Crippen LogP contribution in [-0.2, 0) is 28.0 Å². The van der Waals surface area contributed by atoms with E-state index in [0.29, 0.717) is 17.3 Å². The van der Waals surface area contributed by atoms with Crippen molar-refractivity contribution in [3.63, 3.8) is 0 Å². The minimum Gasteiger partial charge on any atom is -0.494 e. The second-order valence-electron chi connectivity index (χ2n) is 14.1. The lowest BCUT2D eigenvalue weighted by atomic mass is 9.95. The summed E-state index contributed by atoms with van der Waals surface area (Å²) in [7, 11) is 0. The fourth-order valence-corrected chi connectivity index (χ4v) is 6.61. The van der Waals surface area contributed by atoms with Crippen LogP contribution in [0.4, 0.5) is 0 Å². The lowest BCUT2D eigenvalue weighted by Gasteiger charge is -2.22. The minimum atomic E-state index is -1.25. The number of benzene rings is 2. The number of carbonyl (C=O) groups is 3. The zero-order valence-electron chi connectivity index (χ0n) is 30.7. The van der Waals surface area contributed by atoms with E-state index in [1.807, 2.05) is 54.6 Å². The number of hydrogen-bond acceptors (Lipinski definition) is 8. The fraction of sp³-hybridized carbons (Fsp3) is 0.366. The molecule has 12 heteroatoms. The number of aliphatic carboxylic acids is 1. The highest BCUT2D eigenvalue weighted by atomic mass is 32.1. The monoisotopic (exact) mass is 736 g/mol. The fourth-order valence-electron chi connectivity index (χ4n) is 5.65. The molecule has 2 atom stereocenters. The van der Waals surface area contributed by atoms with Crippen molar-refractivity contribution in [2.45, 2.75) is 90.3 Å². The first-order valence-electron chi connectivity index (χ1n) is 18.1. The van der Waals surface area contributed by atoms with Crippen LogP contribution in [0.3, 0.4) is 0 Å². The first kappa shape index (κ1) is 38.9. The molecule has 0 aliphatic carbocycles. The molecule has 2 aromatic carbocycles. The van der Waals surface area contributed by atoms with Gasteiger partial charge in [-0.05, 0) is 53.3 Å². The molecule has 11 nitrogen and oxygen atoms in total. The molecule has 0 radical (unpaired) electrons. The molecule has 0 fully saturated rings. The predicted molar refractivity (Wildman–Crippen MR) is 207 cm³/mol. The molecule has 0 saturated carbocycles. The number of rotatable bonds is 18. The number of hydrogen-bond donors (Lipinski definition) is 3. The number of nitrogens with one attached hydrogen (secondary N) is 2. The smallest absolute Gasteiger partial charge is 0.328 e. The third-order valence-corrected chi connectivity index (χ3v) is 10.3. The molecule has 0 aliphatic heterocycles. The van der Waals surface area contributed by atoms with Crippen LogP contribution in [0.1, 0.15) is 79.9 Å². The van der Waals surface area contributed by atoms with E-state index in [1.165, 1.54) is 47.9 Å². The van der Waals surface area contributed by atoms with Crippen LogP contribution in [0.5, 0.6) is 5.75 Å². The van der Waals surface area contributed by atoms with E-state index in [4.69, 9.17) is 4.74 Å². The van der Waals surface area contributed by atoms with Gasteiger partial charge >= 0.3 is 5.97 Å². The molecule has 5 rings (SSSR count). The molecule has 3 N–H and O–H groups in total. The Morgan fingerprint density at radius 3 is 2.17 bits per heavy atom. The van der Waals surface area contributed by atoms with Crippen molar-refractivity contribution in [2.24, 2.45) is 0 Å². The summed E-state index contributed by atoms with van der Waals surface area (Å²) in [5, 5.41) is 19.4. The summed E-state index contributed by atoms with van der Waals surface area (Å²) >= 11 is 1.37. The van der Waals surface area contributed by atoms with Gasteiger partial charge in [0, 0.05) is 47.2 Å². The molecule has 2 amide bonds. The number of unbranched alkanes of at least 4 members (excludes halogenated alkanes) is 4. The van der Waals surface area contributed by atoms with Crippen molar-refractivity contribution in [3.05, 3.63) is 107 Å². The van der Waals surface area contributed by atoms with Crippen LogP contribution in [0, 0.1) is 0 Å². The Morgan fingerprint density at radius 2 is 1.55 bits per heavy atom. The zero-order chi connectivity index (χ0) is 37.8. The minimum absolute atomic E-state index is 0.0684. The van der Waals surface area contributed by atoms with Gasteiger partial charge in [0.1, 0.15) is 17.8 Å². The van der Waals surface area contributed by atoms with Crippen LogP contribution in [0.2, 0.25) is 0 Å². The quantitative estimate of drug-likeness (QED) is 0.0793. The molecule has 278 valence electrons. The van der Waals surface area contributed by atoms with Gasteiger partial charge in [-0.1, -0.05) is 89.8 Å². The van der Waals surface area contributed by atoms with Crippen LogP contribution in [0.25, 0.3) is 22.5 Å². The number of amides is 2. The molecule has 53 heavy (non-hydrogen) atoms. The summed E-state index contributed by atoms with van der Waals surface area (Å²) in [5.41, 5.74) is 3.27. The maximum atomic E-state index is 13.6. The molecule has 3 aromatic heterocycles. The highest BCUT2D eigenvalue weighted by Crippen LogP contribution is 2.29. The van der Waals surface area contributed by atoms with E-state index in [1.54, 1.807) is 30.7 Å². The molecule has 3 heterocycles. The maximum Gasteiger partial charge on any atom is 0.328 e. The molecular weight excluding hydrogens is 689 g/mol. The van der Waals surface area contributed by atoms with Gasteiger partial charge in [0.15, 0.2) is 5.82 Å². The van der Waals surface area contributed by atoms with Crippen LogP contribution in [0.15, 0.2) is 91.5 Å². The highest BCUT2D eigenvalue weighted by Gasteiger charge is 2.28. The first-order valence-corrected chi connectivity index (χ1v) is 18.9. The Kier molecular flexibility index (Phi) is 13.5. The van der Waals surface area contributed by atoms with Crippen LogP contribution < -0.4 is 15.4 Å². The van der Waals surface area contributed by atoms with Gasteiger partial charge in [0.25, 0.3) is 5.91 Å². The Labute approximate surface area is 314 Å². The largest absolute Gasteiger partial charge is 0.494 e. The van der Waals surface area contributed by atoms with Gasteiger partial charge < -0.3 is 20.5 Å². The van der Waals surface area contributed by atoms with Crippen molar-refractivity contribution in [1.29, 1.82) is 0 Å². The second kappa shape index (κ2) is 18.4. The third-order valence-electron chi connectivity index (χ3n) is 8.74. The molecular formula is C41H48N6O5S. The topological polar surface area (TPSA) is 148 Å². The second-order valence-corrected chi connectivity index (χ2v) is 15.1. The number of carboxylic acid groups (broad SMARTS) is 1. The Morgan fingerprint density at radius 1 is 0.849 bits per heavy atom. The molecule has 0 bridgehead atoms. The van der Waals surface area contributed by atoms with Gasteiger partial charge in [0.2, 0.25) is 5.91 Å². The molecule has 0 spiro atoms. The van der Waals surface area contributed by atoms with E-state index in [2.05, 4.69) is 53.4 Å². The first-order chi connectivity index (χ1) is 25.5. The van der Waals surface area contributed by atoms with Gasteiger partial charge in [-0.25, -0.2) is 14.8 Å². The Hall–Kier alpha value is -5.36. The summed E-state index contributed by atoms with van der Waals surface area (Å²) in [4.78, 5) is 49.8. The van der Waals surface area contributed by atoms with E-state index in [-0.39, 0.29) is 18.4 Å². The van der Waals surface area contributed by atoms with Gasteiger partial charge in [0.05, 0.1) is 18.0 Å². The predicted octanol–water partition coefficient (Wildman–Crippen LogP) is 7.33. The average molecular weight is 737 g/mol. The standard InChI is InChI=1S/C41H48N6O5S/c1-5-6-7-8-9-23-52-32-17-15-29(16-18-32)31-25-42-37(43-26-31)30-13-11-28(12-14-30)24-33(45-39(49)35-19-20-36(53-35)41(2,3)4)38(48)46-34(40(50)51)27-47-22-10-21-44-47/h10-22,25-26,33-34H,5-9,23-24,27H2,1-4H3,(H,45,49)(H,46,48)(H,50,51)/t33-,34-/m0/s1. The number of thiophene rings is 1. The Bertz CT molecular complexity index is 1920. The van der Waals surface area contributed by atoms with Crippen LogP contribution in [-0.4, -0.2) is 61.3 Å². The lowest BCUT2D eigenvalue weighted by Crippen LogP contribution is -2.53. The third kappa shape index (κ3) is 11.3. The van der Waals surface area contributed by atoms with Crippen molar-refractivity contribution >= 4 is 29.1 Å². The number of carbonyl (C=O) groups excluding carboxylic acids is 2. The number of aromatic nitrogens is 4. The zero-order valence-corrected chi connectivity index (χ0v) is 31.6. The average Bonchev–Trinajstić information content (AvgIpc) is 3.87. The summed E-state index contributed by atoms with van der Waals surface area (Å²) in [6.45, 7) is 9.06.